The van der Waals surface area contributed by atoms with Gasteiger partial charge in [-0.25, -0.2) is 4.98 Å². The van der Waals surface area contributed by atoms with E-state index in [1.165, 1.54) is 17.8 Å². The molecule has 1 aliphatic heterocycles. The minimum absolute atomic E-state index is 0.0265. The number of aromatic nitrogens is 3. The van der Waals surface area contributed by atoms with Crippen molar-refractivity contribution in [1.82, 2.24) is 19.7 Å². The molecule has 2 aromatic heterocycles. The van der Waals surface area contributed by atoms with E-state index in [4.69, 9.17) is 0 Å². The summed E-state index contributed by atoms with van der Waals surface area (Å²) in [6.45, 7) is 17.0. The number of carbonyl (C=O) groups is 1. The summed E-state index contributed by atoms with van der Waals surface area (Å²) in [5.74, 6) is 1.97. The summed E-state index contributed by atoms with van der Waals surface area (Å²) >= 11 is 1.51. The van der Waals surface area contributed by atoms with E-state index in [0.717, 1.165) is 60.7 Å². The first-order valence-corrected chi connectivity index (χ1v) is 11.6. The maximum absolute atomic E-state index is 12.6. The minimum Gasteiger partial charge on any atom is -0.302 e. The lowest BCUT2D eigenvalue weighted by Crippen LogP contribution is -2.38. The first-order chi connectivity index (χ1) is 13.7. The molecule has 0 spiro atoms. The average Bonchev–Trinajstić information content (AvgIpc) is 3.13. The number of nitrogens with zero attached hydrogens (tertiary/aromatic N) is 4. The van der Waals surface area contributed by atoms with E-state index in [1.807, 2.05) is 18.5 Å². The summed E-state index contributed by atoms with van der Waals surface area (Å²) in [5.41, 5.74) is 4.09. The molecule has 2 unspecified atom stereocenters. The zero-order valence-electron chi connectivity index (χ0n) is 18.7. The lowest BCUT2D eigenvalue weighted by atomic mass is 9.92. The number of rotatable bonds is 7. The zero-order valence-corrected chi connectivity index (χ0v) is 19.5. The third kappa shape index (κ3) is 5.89. The number of piperidine rings is 1. The molecule has 6 nitrogen and oxygen atoms in total. The van der Waals surface area contributed by atoms with Gasteiger partial charge >= 0.3 is 0 Å². The molecule has 29 heavy (non-hydrogen) atoms. The number of aryl methyl sites for hydroxylation is 1. The Morgan fingerprint density at radius 2 is 1.97 bits per heavy atom. The molecule has 0 radical (unpaired) electrons. The molecule has 2 aromatic rings. The van der Waals surface area contributed by atoms with Crippen LogP contribution in [0.15, 0.2) is 5.38 Å². The largest absolute Gasteiger partial charge is 0.302 e. The van der Waals surface area contributed by atoms with Crippen molar-refractivity contribution in [2.24, 2.45) is 17.8 Å². The molecule has 1 saturated heterocycles. The van der Waals surface area contributed by atoms with Gasteiger partial charge in [-0.05, 0) is 38.0 Å². The molecule has 0 saturated carbocycles. The van der Waals surface area contributed by atoms with Crippen molar-refractivity contribution >= 4 is 22.4 Å². The predicted molar refractivity (Wildman–Crippen MR) is 119 cm³/mol. The fourth-order valence-electron chi connectivity index (χ4n) is 4.42. The molecular weight excluding hydrogens is 382 g/mol. The van der Waals surface area contributed by atoms with Crippen molar-refractivity contribution in [3.8, 4) is 0 Å². The summed E-state index contributed by atoms with van der Waals surface area (Å²) in [4.78, 5) is 19.7. The van der Waals surface area contributed by atoms with Gasteiger partial charge in [0.05, 0.1) is 17.8 Å². The van der Waals surface area contributed by atoms with Crippen LogP contribution in [0.25, 0.3) is 0 Å². The lowest BCUT2D eigenvalue weighted by Gasteiger charge is -2.34. The van der Waals surface area contributed by atoms with Gasteiger partial charge in [0, 0.05) is 42.8 Å². The number of hydrogen-bond acceptors (Lipinski definition) is 5. The van der Waals surface area contributed by atoms with Crippen LogP contribution in [0.3, 0.4) is 0 Å². The monoisotopic (exact) mass is 417 g/mol. The summed E-state index contributed by atoms with van der Waals surface area (Å²) < 4.78 is 2.02. The van der Waals surface area contributed by atoms with E-state index in [0.29, 0.717) is 17.5 Å². The van der Waals surface area contributed by atoms with Gasteiger partial charge in [-0.2, -0.15) is 5.10 Å². The van der Waals surface area contributed by atoms with E-state index in [2.05, 4.69) is 53.4 Å². The Morgan fingerprint density at radius 3 is 2.62 bits per heavy atom. The summed E-state index contributed by atoms with van der Waals surface area (Å²) in [7, 11) is 0. The van der Waals surface area contributed by atoms with Gasteiger partial charge in [0.25, 0.3) is 0 Å². The number of likely N-dealkylation sites (tertiary alicyclic amines) is 1. The highest BCUT2D eigenvalue weighted by molar-refractivity contribution is 7.13. The molecule has 7 heteroatoms. The number of hydrogen-bond donors (Lipinski definition) is 1. The van der Waals surface area contributed by atoms with Crippen LogP contribution in [0.2, 0.25) is 0 Å². The molecule has 0 aromatic carbocycles. The van der Waals surface area contributed by atoms with Crippen LogP contribution < -0.4 is 5.32 Å². The normalized spacial score (nSPS) is 20.4. The molecular formula is C22H35N5OS. The van der Waals surface area contributed by atoms with Gasteiger partial charge in [0.2, 0.25) is 5.91 Å². The topological polar surface area (TPSA) is 63.1 Å². The Labute approximate surface area is 178 Å². The Morgan fingerprint density at radius 1 is 1.28 bits per heavy atom. The second-order valence-corrected chi connectivity index (χ2v) is 10.1. The van der Waals surface area contributed by atoms with E-state index in [9.17, 15) is 4.79 Å². The Kier molecular flexibility index (Phi) is 7.11. The highest BCUT2D eigenvalue weighted by atomic mass is 32.1. The number of thiazole rings is 1. The van der Waals surface area contributed by atoms with Crippen LogP contribution in [-0.4, -0.2) is 38.7 Å². The predicted octanol–water partition coefficient (Wildman–Crippen LogP) is 4.27. The number of anilines is 1. The Hall–Kier alpha value is -1.73. The maximum Gasteiger partial charge on any atom is 0.230 e. The minimum atomic E-state index is -0.0265. The first-order valence-electron chi connectivity index (χ1n) is 10.7. The van der Waals surface area contributed by atoms with E-state index in [1.54, 1.807) is 0 Å². The van der Waals surface area contributed by atoms with E-state index in [-0.39, 0.29) is 5.91 Å². The standard InChI is InChI=1S/C22H35N5OS/c1-14(2)9-27-18(6)20(17(5)25-27)8-21(28)24-22-23-19(13-29-22)12-26-10-15(3)7-16(4)11-26/h13-16H,7-12H2,1-6H3,(H,23,24,28). The highest BCUT2D eigenvalue weighted by Gasteiger charge is 2.22. The van der Waals surface area contributed by atoms with Crippen LogP contribution in [0.5, 0.6) is 0 Å². The van der Waals surface area contributed by atoms with Gasteiger partial charge in [0.15, 0.2) is 5.13 Å². The average molecular weight is 418 g/mol. The van der Waals surface area contributed by atoms with E-state index < -0.39 is 0 Å². The summed E-state index contributed by atoms with van der Waals surface area (Å²) in [6.07, 6.45) is 1.65. The summed E-state index contributed by atoms with van der Waals surface area (Å²) in [5, 5.41) is 10.3. The molecule has 0 aliphatic carbocycles. The molecule has 1 fully saturated rings. The van der Waals surface area contributed by atoms with Gasteiger partial charge in [-0.1, -0.05) is 27.7 Å². The first kappa shape index (κ1) is 22.0. The third-order valence-corrected chi connectivity index (χ3v) is 6.34. The molecule has 1 amide bonds. The lowest BCUT2D eigenvalue weighted by molar-refractivity contribution is -0.115. The third-order valence-electron chi connectivity index (χ3n) is 5.53. The Balaban J connectivity index is 1.57. The molecule has 1 N–H and O–H groups in total. The van der Waals surface area contributed by atoms with Crippen molar-refractivity contribution in [2.75, 3.05) is 18.4 Å². The van der Waals surface area contributed by atoms with Crippen LogP contribution in [0.4, 0.5) is 5.13 Å². The molecule has 160 valence electrons. The molecule has 2 atom stereocenters. The Bertz CT molecular complexity index is 830. The quantitative estimate of drug-likeness (QED) is 0.731. The van der Waals surface area contributed by atoms with Crippen molar-refractivity contribution in [1.29, 1.82) is 0 Å². The highest BCUT2D eigenvalue weighted by Crippen LogP contribution is 2.24. The van der Waals surface area contributed by atoms with Crippen LogP contribution >= 0.6 is 11.3 Å². The number of nitrogens with one attached hydrogen (secondary N) is 1. The van der Waals surface area contributed by atoms with Gasteiger partial charge < -0.3 is 5.32 Å². The van der Waals surface area contributed by atoms with Crippen molar-refractivity contribution in [2.45, 2.75) is 67.5 Å². The molecule has 0 bridgehead atoms. The maximum atomic E-state index is 12.6. The van der Waals surface area contributed by atoms with Crippen molar-refractivity contribution in [3.05, 3.63) is 28.0 Å². The smallest absolute Gasteiger partial charge is 0.230 e. The van der Waals surface area contributed by atoms with Gasteiger partial charge in [-0.15, -0.1) is 11.3 Å². The molecule has 1 aliphatic rings. The molecule has 3 heterocycles. The van der Waals surface area contributed by atoms with Crippen LogP contribution in [-0.2, 0) is 24.3 Å². The number of amides is 1. The fraction of sp³-hybridized carbons (Fsp3) is 0.682. The van der Waals surface area contributed by atoms with Crippen LogP contribution in [0.1, 0.15) is 56.8 Å². The van der Waals surface area contributed by atoms with Crippen molar-refractivity contribution in [3.63, 3.8) is 0 Å². The number of carbonyl (C=O) groups excluding carboxylic acids is 1. The second kappa shape index (κ2) is 9.39. The SMILES string of the molecule is Cc1nn(CC(C)C)c(C)c1CC(=O)Nc1nc(CN2CC(C)CC(C)C2)cs1. The zero-order chi connectivity index (χ0) is 21.1. The van der Waals surface area contributed by atoms with Gasteiger partial charge in [0.1, 0.15) is 0 Å². The second-order valence-electron chi connectivity index (χ2n) is 9.23. The van der Waals surface area contributed by atoms with Crippen LogP contribution in [0, 0.1) is 31.6 Å². The molecule has 3 rings (SSSR count). The van der Waals surface area contributed by atoms with Crippen molar-refractivity contribution < 1.29 is 4.79 Å². The van der Waals surface area contributed by atoms with E-state index >= 15 is 0 Å². The van der Waals surface area contributed by atoms with Gasteiger partial charge in [-0.3, -0.25) is 14.4 Å². The summed E-state index contributed by atoms with van der Waals surface area (Å²) in [6, 6.07) is 0. The fourth-order valence-corrected chi connectivity index (χ4v) is 5.14.